The minimum absolute atomic E-state index is 0.480. The molecule has 0 atom stereocenters. The first-order chi connectivity index (χ1) is 11.7. The number of benzene rings is 2. The van der Waals surface area contributed by atoms with E-state index < -0.39 is 10.0 Å². The molecular formula is C22H30N2S. The van der Waals surface area contributed by atoms with Crippen LogP contribution in [0.1, 0.15) is 44.4 Å². The molecule has 2 nitrogen and oxygen atoms in total. The van der Waals surface area contributed by atoms with Gasteiger partial charge in [0, 0.05) is 10.5 Å². The van der Waals surface area contributed by atoms with Gasteiger partial charge in [0.05, 0.1) is 5.69 Å². The molecule has 0 saturated heterocycles. The van der Waals surface area contributed by atoms with E-state index in [1.54, 1.807) is 0 Å². The largest absolute Gasteiger partial charge is 0.379 e. The number of aryl methyl sites for hydroxylation is 3. The summed E-state index contributed by atoms with van der Waals surface area (Å²) in [5.41, 5.74) is 14.2. The Kier molecular flexibility index (Phi) is 4.48. The third-order valence-corrected chi connectivity index (χ3v) is 10.2. The van der Waals surface area contributed by atoms with Crippen LogP contribution in [-0.4, -0.2) is 15.7 Å². The van der Waals surface area contributed by atoms with Crippen LogP contribution in [0.4, 0.5) is 5.69 Å². The molecule has 0 aromatic heterocycles. The Morgan fingerprint density at radius 2 is 1.48 bits per heavy atom. The highest BCUT2D eigenvalue weighted by Gasteiger charge is 2.43. The van der Waals surface area contributed by atoms with Gasteiger partial charge in [0.25, 0.3) is 0 Å². The first kappa shape index (κ1) is 18.1. The first-order valence-corrected chi connectivity index (χ1v) is 10.8. The third-order valence-electron chi connectivity index (χ3n) is 5.36. The van der Waals surface area contributed by atoms with Crippen LogP contribution in [0.5, 0.6) is 0 Å². The lowest BCUT2D eigenvalue weighted by molar-refractivity contribution is 1.01. The number of aliphatic imine (C=N–C) groups is 1. The van der Waals surface area contributed by atoms with Crippen molar-refractivity contribution in [1.29, 1.82) is 0 Å². The molecule has 0 spiro atoms. The quantitative estimate of drug-likeness (QED) is 0.698. The highest BCUT2D eigenvalue weighted by Crippen LogP contribution is 2.70. The van der Waals surface area contributed by atoms with E-state index >= 15 is 0 Å². The molecule has 1 heterocycles. The molecule has 3 heteroatoms. The predicted octanol–water partition coefficient (Wildman–Crippen LogP) is 6.22. The second-order valence-electron chi connectivity index (χ2n) is 7.68. The Hall–Kier alpha value is -1.74. The van der Waals surface area contributed by atoms with Gasteiger partial charge >= 0.3 is 0 Å². The number of hydrogen-bond donors (Lipinski definition) is 1. The molecule has 0 bridgehead atoms. The zero-order valence-corrected chi connectivity index (χ0v) is 17.3. The normalized spacial score (nSPS) is 16.9. The average molecular weight is 355 g/mol. The predicted molar refractivity (Wildman–Crippen MR) is 114 cm³/mol. The Morgan fingerprint density at radius 3 is 2.00 bits per heavy atom. The van der Waals surface area contributed by atoms with Crippen LogP contribution < -0.4 is 5.73 Å². The highest BCUT2D eigenvalue weighted by atomic mass is 32.3. The molecule has 2 N–H and O–H groups in total. The molecule has 0 amide bonds. The lowest BCUT2D eigenvalue weighted by Gasteiger charge is -2.44. The van der Waals surface area contributed by atoms with E-state index in [4.69, 9.17) is 10.7 Å². The average Bonchev–Trinajstić information content (AvgIpc) is 2.79. The van der Waals surface area contributed by atoms with Gasteiger partial charge < -0.3 is 5.73 Å². The van der Waals surface area contributed by atoms with E-state index in [-0.39, 0.29) is 0 Å². The van der Waals surface area contributed by atoms with Crippen LogP contribution in [0, 0.1) is 20.8 Å². The summed E-state index contributed by atoms with van der Waals surface area (Å²) in [7, 11) is -1.27. The summed E-state index contributed by atoms with van der Waals surface area (Å²) in [6.07, 6.45) is 0. The number of hydrogen-bond acceptors (Lipinski definition) is 2. The number of para-hydroxylation sites is 1. The van der Waals surface area contributed by atoms with Gasteiger partial charge in [-0.15, -0.1) is 10.0 Å². The maximum atomic E-state index is 6.60. The van der Waals surface area contributed by atoms with E-state index in [1.807, 2.05) is 0 Å². The number of nitrogens with zero attached hydrogens (tertiary/aromatic N) is 1. The van der Waals surface area contributed by atoms with Crippen LogP contribution in [0.3, 0.4) is 0 Å². The van der Waals surface area contributed by atoms with Gasteiger partial charge in [0.1, 0.15) is 5.17 Å². The summed E-state index contributed by atoms with van der Waals surface area (Å²) in [5, 5.41) is 1.81. The Balaban J connectivity index is 2.33. The van der Waals surface area contributed by atoms with Crippen molar-refractivity contribution in [2.24, 2.45) is 10.7 Å². The number of rotatable bonds is 3. The van der Waals surface area contributed by atoms with E-state index in [2.05, 4.69) is 78.8 Å². The number of nitrogens with two attached hydrogens (primary N) is 1. The van der Waals surface area contributed by atoms with Crippen molar-refractivity contribution in [1.82, 2.24) is 0 Å². The molecule has 0 unspecified atom stereocenters. The molecule has 0 aliphatic carbocycles. The van der Waals surface area contributed by atoms with E-state index in [1.165, 1.54) is 32.7 Å². The van der Waals surface area contributed by atoms with E-state index in [0.717, 1.165) is 10.9 Å². The standard InChI is InChI=1S/C22H30N2S/c1-13(2)25(14(3)4)19-10-8-9-18(21(19)24-22(25)23)20-16(6)11-15(5)12-17(20)7/h8-14H,1-7H3,(H2,23,24). The molecule has 134 valence electrons. The summed E-state index contributed by atoms with van der Waals surface area (Å²) in [6, 6.07) is 11.2. The van der Waals surface area contributed by atoms with Gasteiger partial charge in [0.2, 0.25) is 0 Å². The van der Waals surface area contributed by atoms with Crippen molar-refractivity contribution in [3.63, 3.8) is 0 Å². The molecule has 2 aromatic carbocycles. The molecule has 1 aliphatic rings. The van der Waals surface area contributed by atoms with Gasteiger partial charge in [-0.25, -0.2) is 4.99 Å². The van der Waals surface area contributed by atoms with Crippen LogP contribution in [0.2, 0.25) is 0 Å². The fourth-order valence-corrected chi connectivity index (χ4v) is 8.87. The second kappa shape index (κ2) is 6.21. The SMILES string of the molecule is Cc1cc(C)c(-c2cccc3c2N=C(N)S3(C(C)C)C(C)C)c(C)c1. The molecule has 25 heavy (non-hydrogen) atoms. The monoisotopic (exact) mass is 354 g/mol. The van der Waals surface area contributed by atoms with Gasteiger partial charge in [-0.3, -0.25) is 0 Å². The highest BCUT2D eigenvalue weighted by molar-refractivity contribution is 8.46. The molecule has 2 aromatic rings. The minimum Gasteiger partial charge on any atom is -0.379 e. The molecule has 0 fully saturated rings. The van der Waals surface area contributed by atoms with Crippen molar-refractivity contribution in [2.75, 3.05) is 0 Å². The fraction of sp³-hybridized carbons (Fsp3) is 0.409. The van der Waals surface area contributed by atoms with Crippen LogP contribution in [0.15, 0.2) is 40.2 Å². The van der Waals surface area contributed by atoms with Crippen molar-refractivity contribution in [3.8, 4) is 11.1 Å². The Bertz CT molecular complexity index is 831. The smallest absolute Gasteiger partial charge is 0.146 e. The van der Waals surface area contributed by atoms with Gasteiger partial charge in [-0.1, -0.05) is 57.5 Å². The summed E-state index contributed by atoms with van der Waals surface area (Å²) < 4.78 is 0. The van der Waals surface area contributed by atoms with Gasteiger partial charge in [-0.05, 0) is 54.0 Å². The summed E-state index contributed by atoms with van der Waals surface area (Å²) in [6.45, 7) is 15.7. The number of amidine groups is 1. The zero-order chi connectivity index (χ0) is 18.5. The van der Waals surface area contributed by atoms with E-state index in [0.29, 0.717) is 10.5 Å². The van der Waals surface area contributed by atoms with Crippen molar-refractivity contribution < 1.29 is 0 Å². The molecular weight excluding hydrogens is 324 g/mol. The third kappa shape index (κ3) is 2.52. The molecule has 0 saturated carbocycles. The van der Waals surface area contributed by atoms with Crippen molar-refractivity contribution in [2.45, 2.75) is 63.9 Å². The van der Waals surface area contributed by atoms with Crippen LogP contribution in [-0.2, 0) is 0 Å². The molecule has 3 rings (SSSR count). The maximum Gasteiger partial charge on any atom is 0.146 e. The first-order valence-electron chi connectivity index (χ1n) is 9.07. The second-order valence-corrected chi connectivity index (χ2v) is 11.8. The fourth-order valence-electron chi connectivity index (χ4n) is 4.55. The maximum absolute atomic E-state index is 6.60. The molecule has 0 radical (unpaired) electrons. The Morgan fingerprint density at radius 1 is 0.920 bits per heavy atom. The van der Waals surface area contributed by atoms with Gasteiger partial charge in [0.15, 0.2) is 0 Å². The summed E-state index contributed by atoms with van der Waals surface area (Å²) in [4.78, 5) is 6.33. The van der Waals surface area contributed by atoms with Crippen molar-refractivity contribution >= 4 is 20.9 Å². The summed E-state index contributed by atoms with van der Waals surface area (Å²) in [5.74, 6) is 0. The zero-order valence-electron chi connectivity index (χ0n) is 16.5. The lowest BCUT2D eigenvalue weighted by atomic mass is 9.93. The van der Waals surface area contributed by atoms with E-state index in [9.17, 15) is 0 Å². The van der Waals surface area contributed by atoms with Gasteiger partial charge in [-0.2, -0.15) is 0 Å². The van der Waals surface area contributed by atoms with Crippen molar-refractivity contribution in [3.05, 3.63) is 47.0 Å². The Labute approximate surface area is 153 Å². The summed E-state index contributed by atoms with van der Waals surface area (Å²) >= 11 is 0. The lowest BCUT2D eigenvalue weighted by Crippen LogP contribution is -2.31. The van der Waals surface area contributed by atoms with Crippen LogP contribution in [0.25, 0.3) is 11.1 Å². The minimum atomic E-state index is -1.27. The number of fused-ring (bicyclic) bond motifs is 1. The topological polar surface area (TPSA) is 38.4 Å². The molecule has 1 aliphatic heterocycles. The van der Waals surface area contributed by atoms with Crippen LogP contribution >= 0.6 is 10.0 Å².